The Morgan fingerprint density at radius 1 is 1.50 bits per heavy atom. The highest BCUT2D eigenvalue weighted by Gasteiger charge is 2.52. The van der Waals surface area contributed by atoms with Crippen LogP contribution in [0.3, 0.4) is 0 Å². The van der Waals surface area contributed by atoms with Gasteiger partial charge in [-0.1, -0.05) is 27.2 Å². The number of hydrogen-bond acceptors (Lipinski definition) is 0. The van der Waals surface area contributed by atoms with E-state index in [0.717, 1.165) is 18.3 Å². The molecule has 0 aromatic rings. The highest BCUT2D eigenvalue weighted by molar-refractivity contribution is 5.01. The predicted octanol–water partition coefficient (Wildman–Crippen LogP) is 3.08. The first-order valence-corrected chi connectivity index (χ1v) is 4.45. The Balaban J connectivity index is 2.17. The van der Waals surface area contributed by atoms with Crippen LogP contribution in [0.4, 0.5) is 0 Å². The largest absolute Gasteiger partial charge is 0.0622 e. The van der Waals surface area contributed by atoms with Crippen LogP contribution in [0.25, 0.3) is 0 Å². The fourth-order valence-corrected chi connectivity index (χ4v) is 2.89. The molecule has 58 valence electrons. The highest BCUT2D eigenvalue weighted by Crippen LogP contribution is 2.61. The molecule has 0 nitrogen and oxygen atoms in total. The maximum Gasteiger partial charge on any atom is 0.0269 e. The van der Waals surface area contributed by atoms with Crippen molar-refractivity contribution in [2.75, 3.05) is 0 Å². The first kappa shape index (κ1) is 5.62. The van der Waals surface area contributed by atoms with Gasteiger partial charge in [0.1, 0.15) is 0 Å². The van der Waals surface area contributed by atoms with Crippen molar-refractivity contribution in [1.82, 2.24) is 0 Å². The number of rotatable bonds is 0. The Bertz CT molecular complexity index is 174. The van der Waals surface area contributed by atoms with E-state index in [4.69, 9.17) is 1.37 Å². The fraction of sp³-hybridized carbons (Fsp3) is 1.00. The van der Waals surface area contributed by atoms with E-state index in [1.807, 2.05) is 0 Å². The molecule has 0 N–H and O–H groups in total. The van der Waals surface area contributed by atoms with Crippen molar-refractivity contribution >= 4 is 0 Å². The molecule has 3 fully saturated rings. The Kier molecular flexibility index (Phi) is 1.00. The topological polar surface area (TPSA) is 0 Å². The van der Waals surface area contributed by atoms with Crippen molar-refractivity contribution in [3.8, 4) is 0 Å². The SMILES string of the molecule is [2H]C1CC2CC(C1C)C2(C)C. The molecule has 4 atom stereocenters. The maximum absolute atomic E-state index is 7.82. The second-order valence-electron chi connectivity index (χ2n) is 4.69. The Morgan fingerprint density at radius 3 is 2.60 bits per heavy atom. The molecule has 3 rings (SSSR count). The molecule has 0 radical (unpaired) electrons. The summed E-state index contributed by atoms with van der Waals surface area (Å²) in [5.41, 5.74) is 0.566. The van der Waals surface area contributed by atoms with Gasteiger partial charge in [-0.15, -0.1) is 0 Å². The average Bonchev–Trinajstić information content (AvgIpc) is 1.93. The van der Waals surface area contributed by atoms with E-state index in [9.17, 15) is 0 Å². The highest BCUT2D eigenvalue weighted by atomic mass is 14.6. The minimum Gasteiger partial charge on any atom is -0.0622 e. The van der Waals surface area contributed by atoms with E-state index in [1.165, 1.54) is 6.42 Å². The van der Waals surface area contributed by atoms with Crippen LogP contribution in [0.2, 0.25) is 0 Å². The molecule has 4 unspecified atom stereocenters. The van der Waals surface area contributed by atoms with Crippen LogP contribution in [-0.2, 0) is 0 Å². The lowest BCUT2D eigenvalue weighted by atomic mass is 9.46. The van der Waals surface area contributed by atoms with E-state index >= 15 is 0 Å². The van der Waals surface area contributed by atoms with Crippen molar-refractivity contribution in [3.05, 3.63) is 0 Å². The fourth-order valence-electron chi connectivity index (χ4n) is 2.89. The minimum atomic E-state index is 0.242. The summed E-state index contributed by atoms with van der Waals surface area (Å²) >= 11 is 0. The molecule has 10 heavy (non-hydrogen) atoms. The predicted molar refractivity (Wildman–Crippen MR) is 43.8 cm³/mol. The molecule has 0 aromatic heterocycles. The molecule has 3 aliphatic carbocycles. The molecule has 2 bridgehead atoms. The summed E-state index contributed by atoms with van der Waals surface area (Å²) in [5.74, 6) is 2.37. The molecule has 0 heteroatoms. The molecule has 0 amide bonds. The quantitative estimate of drug-likeness (QED) is 0.484. The van der Waals surface area contributed by atoms with Gasteiger partial charge in [-0.05, 0) is 36.0 Å². The third-order valence-corrected chi connectivity index (χ3v) is 3.97. The Labute approximate surface area is 65.4 Å². The number of fused-ring (bicyclic) bond motifs is 2. The normalized spacial score (nSPS) is 58.9. The lowest BCUT2D eigenvalue weighted by Gasteiger charge is -2.59. The van der Waals surface area contributed by atoms with Gasteiger partial charge in [0.25, 0.3) is 0 Å². The second kappa shape index (κ2) is 1.78. The van der Waals surface area contributed by atoms with Gasteiger partial charge in [0.2, 0.25) is 0 Å². The molecule has 0 saturated heterocycles. The molecule has 0 heterocycles. The van der Waals surface area contributed by atoms with Crippen LogP contribution in [-0.4, -0.2) is 0 Å². The first-order valence-electron chi connectivity index (χ1n) is 5.03. The van der Waals surface area contributed by atoms with Gasteiger partial charge < -0.3 is 0 Å². The summed E-state index contributed by atoms with van der Waals surface area (Å²) in [6.45, 7) is 7.03. The van der Waals surface area contributed by atoms with Crippen molar-refractivity contribution in [2.45, 2.75) is 40.0 Å². The molecule has 3 aliphatic rings. The zero-order valence-electron chi connectivity index (χ0n) is 8.22. The summed E-state index contributed by atoms with van der Waals surface area (Å²) in [6, 6.07) is 0. The summed E-state index contributed by atoms with van der Waals surface area (Å²) in [4.78, 5) is 0. The second-order valence-corrected chi connectivity index (χ2v) is 4.69. The van der Waals surface area contributed by atoms with Gasteiger partial charge in [0, 0.05) is 1.37 Å². The van der Waals surface area contributed by atoms with Gasteiger partial charge in [-0.3, -0.25) is 0 Å². The molecule has 0 spiro atoms. The monoisotopic (exact) mass is 139 g/mol. The summed E-state index contributed by atoms with van der Waals surface area (Å²) in [7, 11) is 0. The lowest BCUT2D eigenvalue weighted by Crippen LogP contribution is -2.51. The molecule has 0 aromatic carbocycles. The third kappa shape index (κ3) is 0.627. The van der Waals surface area contributed by atoms with E-state index in [2.05, 4.69) is 20.8 Å². The first-order chi connectivity index (χ1) is 5.03. The number of hydrogen-bond donors (Lipinski definition) is 0. The van der Waals surface area contributed by atoms with Crippen molar-refractivity contribution in [3.63, 3.8) is 0 Å². The van der Waals surface area contributed by atoms with Gasteiger partial charge in [0.05, 0.1) is 0 Å². The van der Waals surface area contributed by atoms with Crippen LogP contribution in [0.5, 0.6) is 0 Å². The van der Waals surface area contributed by atoms with Gasteiger partial charge in [-0.25, -0.2) is 0 Å². The maximum atomic E-state index is 7.82. The van der Waals surface area contributed by atoms with E-state index in [-0.39, 0.29) is 6.40 Å². The van der Waals surface area contributed by atoms with Crippen LogP contribution in [0.15, 0.2) is 0 Å². The molecular weight excluding hydrogens is 120 g/mol. The van der Waals surface area contributed by atoms with Crippen LogP contribution in [0.1, 0.15) is 41.4 Å². The van der Waals surface area contributed by atoms with Crippen LogP contribution < -0.4 is 0 Å². The lowest BCUT2D eigenvalue weighted by molar-refractivity contribution is -0.0988. The summed E-state index contributed by atoms with van der Waals surface area (Å²) in [5, 5.41) is 0. The summed E-state index contributed by atoms with van der Waals surface area (Å²) < 4.78 is 7.82. The van der Waals surface area contributed by atoms with Crippen molar-refractivity contribution < 1.29 is 1.37 Å². The van der Waals surface area contributed by atoms with Crippen molar-refractivity contribution in [1.29, 1.82) is 0 Å². The average molecular weight is 139 g/mol. The third-order valence-electron chi connectivity index (χ3n) is 3.97. The Morgan fingerprint density at radius 2 is 2.20 bits per heavy atom. The Hall–Kier alpha value is 0. The standard InChI is InChI=1S/C10H18/c1-7-4-5-8-6-9(7)10(8,2)3/h7-9H,4-6H2,1-3H3/i4D. The summed E-state index contributed by atoms with van der Waals surface area (Å²) in [6.07, 6.45) is 2.81. The smallest absolute Gasteiger partial charge is 0.0269 e. The van der Waals surface area contributed by atoms with E-state index < -0.39 is 0 Å². The molecular formula is C10H18. The zero-order chi connectivity index (χ0) is 8.22. The van der Waals surface area contributed by atoms with Gasteiger partial charge in [0.15, 0.2) is 0 Å². The minimum absolute atomic E-state index is 0.242. The van der Waals surface area contributed by atoms with E-state index in [1.54, 1.807) is 0 Å². The van der Waals surface area contributed by atoms with Gasteiger partial charge in [-0.2, -0.15) is 0 Å². The van der Waals surface area contributed by atoms with Crippen LogP contribution >= 0.6 is 0 Å². The molecule has 0 aliphatic heterocycles. The van der Waals surface area contributed by atoms with E-state index in [0.29, 0.717) is 11.3 Å². The van der Waals surface area contributed by atoms with Crippen molar-refractivity contribution in [2.24, 2.45) is 23.2 Å². The zero-order valence-corrected chi connectivity index (χ0v) is 7.22. The molecule has 3 saturated carbocycles. The van der Waals surface area contributed by atoms with Gasteiger partial charge >= 0.3 is 0 Å². The van der Waals surface area contributed by atoms with Crippen LogP contribution in [0, 0.1) is 23.2 Å².